The number of hydrogen-bond acceptors (Lipinski definition) is 4. The molecule has 10 heteroatoms. The molecule has 192 valence electrons. The van der Waals surface area contributed by atoms with Gasteiger partial charge in [-0.25, -0.2) is 14.2 Å². The molecule has 38 heavy (non-hydrogen) atoms. The highest BCUT2D eigenvalue weighted by Gasteiger charge is 2.30. The summed E-state index contributed by atoms with van der Waals surface area (Å²) in [7, 11) is 0. The Labute approximate surface area is 220 Å². The molecule has 5 aromatic rings. The van der Waals surface area contributed by atoms with Gasteiger partial charge in [0.05, 0.1) is 28.7 Å². The largest absolute Gasteiger partial charge is 0.416 e. The van der Waals surface area contributed by atoms with Crippen molar-refractivity contribution in [2.75, 3.05) is 5.32 Å². The Balaban J connectivity index is 1.29. The Hall–Kier alpha value is -4.31. The first-order chi connectivity index (χ1) is 18.2. The zero-order valence-electron chi connectivity index (χ0n) is 20.4. The SMILES string of the molecule is Cc1cccc(C)c1NC(=O)NSN=Cc1ccc2c(ccc3c2ncn3-c2ccc(C(F)(F)F)cc2)c1. The number of urea groups is 1. The third-order valence-corrected chi connectivity index (χ3v) is 6.63. The van der Waals surface area contributed by atoms with Gasteiger partial charge < -0.3 is 5.32 Å². The second-order valence-corrected chi connectivity index (χ2v) is 9.32. The van der Waals surface area contributed by atoms with Crippen LogP contribution in [0.15, 0.2) is 83.5 Å². The summed E-state index contributed by atoms with van der Waals surface area (Å²) in [5.74, 6) is 0. The lowest BCUT2D eigenvalue weighted by Gasteiger charge is -2.10. The van der Waals surface area contributed by atoms with Crippen LogP contribution in [0.1, 0.15) is 22.3 Å². The number of rotatable bonds is 5. The van der Waals surface area contributed by atoms with Crippen LogP contribution >= 0.6 is 12.1 Å². The maximum atomic E-state index is 12.9. The van der Waals surface area contributed by atoms with Gasteiger partial charge in [-0.1, -0.05) is 36.4 Å². The van der Waals surface area contributed by atoms with Crippen LogP contribution in [0, 0.1) is 13.8 Å². The summed E-state index contributed by atoms with van der Waals surface area (Å²) in [5, 5.41) is 4.68. The van der Waals surface area contributed by atoms with Crippen LogP contribution in [0.2, 0.25) is 0 Å². The number of alkyl halides is 3. The second kappa shape index (κ2) is 10.2. The fourth-order valence-electron chi connectivity index (χ4n) is 4.23. The number of anilines is 1. The van der Waals surface area contributed by atoms with Gasteiger partial charge in [0, 0.05) is 23.0 Å². The van der Waals surface area contributed by atoms with Gasteiger partial charge in [0.15, 0.2) is 0 Å². The standard InChI is InChI=1S/C28H22F3N5OS/c1-17-4-3-5-18(2)25(17)34-27(37)35-38-33-15-19-6-12-23-20(14-19)7-13-24-26(23)32-16-36(24)22-10-8-21(9-11-22)28(29,30)31/h3-16H,1-2H3,(H2,34,35,37). The van der Waals surface area contributed by atoms with Crippen molar-refractivity contribution in [2.24, 2.45) is 4.40 Å². The summed E-state index contributed by atoms with van der Waals surface area (Å²) in [4.78, 5) is 16.7. The first kappa shape index (κ1) is 25.3. The van der Waals surface area contributed by atoms with Crippen molar-refractivity contribution in [1.82, 2.24) is 14.3 Å². The van der Waals surface area contributed by atoms with Gasteiger partial charge in [-0.2, -0.15) is 13.2 Å². The van der Waals surface area contributed by atoms with Gasteiger partial charge in [0.25, 0.3) is 0 Å². The van der Waals surface area contributed by atoms with Crippen LogP contribution < -0.4 is 10.0 Å². The number of nitrogens with zero attached hydrogens (tertiary/aromatic N) is 3. The fraction of sp³-hybridized carbons (Fsp3) is 0.107. The van der Waals surface area contributed by atoms with Gasteiger partial charge in [-0.3, -0.25) is 9.29 Å². The topological polar surface area (TPSA) is 71.3 Å². The van der Waals surface area contributed by atoms with Gasteiger partial charge in [0.2, 0.25) is 0 Å². The lowest BCUT2D eigenvalue weighted by molar-refractivity contribution is -0.137. The molecule has 0 aliphatic carbocycles. The number of carbonyl (C=O) groups is 1. The van der Waals surface area contributed by atoms with Crippen LogP contribution in [0.5, 0.6) is 0 Å². The van der Waals surface area contributed by atoms with E-state index in [1.165, 1.54) is 12.1 Å². The number of amides is 2. The van der Waals surface area contributed by atoms with E-state index >= 15 is 0 Å². The molecule has 0 saturated heterocycles. The minimum absolute atomic E-state index is 0.367. The van der Waals surface area contributed by atoms with Crippen LogP contribution in [-0.4, -0.2) is 21.8 Å². The first-order valence-corrected chi connectivity index (χ1v) is 12.4. The van der Waals surface area contributed by atoms with E-state index in [9.17, 15) is 18.0 Å². The highest BCUT2D eigenvalue weighted by molar-refractivity contribution is 7.96. The zero-order chi connectivity index (χ0) is 26.9. The highest BCUT2D eigenvalue weighted by atomic mass is 32.2. The van der Waals surface area contributed by atoms with E-state index in [1.54, 1.807) is 17.1 Å². The van der Waals surface area contributed by atoms with E-state index in [0.29, 0.717) is 5.69 Å². The maximum absolute atomic E-state index is 12.9. The van der Waals surface area contributed by atoms with E-state index in [0.717, 1.165) is 68.5 Å². The van der Waals surface area contributed by atoms with Crippen molar-refractivity contribution in [3.63, 3.8) is 0 Å². The smallest absolute Gasteiger partial charge is 0.307 e. The predicted octanol–water partition coefficient (Wildman–Crippen LogP) is 7.62. The van der Waals surface area contributed by atoms with E-state index in [-0.39, 0.29) is 6.03 Å². The summed E-state index contributed by atoms with van der Waals surface area (Å²) in [5.41, 5.74) is 4.99. The Morgan fingerprint density at radius 1 is 1.00 bits per heavy atom. The fourth-order valence-corrected chi connectivity index (χ4v) is 4.59. The summed E-state index contributed by atoms with van der Waals surface area (Å²) < 4.78 is 47.4. The third-order valence-electron chi connectivity index (χ3n) is 6.14. The number of halogens is 3. The number of fused-ring (bicyclic) bond motifs is 3. The van der Waals surface area contributed by atoms with E-state index in [1.807, 2.05) is 62.4 Å². The molecule has 0 aliphatic heterocycles. The predicted molar refractivity (Wildman–Crippen MR) is 147 cm³/mol. The van der Waals surface area contributed by atoms with Gasteiger partial charge in [-0.05, 0) is 72.3 Å². The van der Waals surface area contributed by atoms with Crippen LogP contribution in [0.25, 0.3) is 27.5 Å². The minimum atomic E-state index is -4.38. The average molecular weight is 534 g/mol. The molecule has 5 rings (SSSR count). The number of aryl methyl sites for hydroxylation is 2. The Bertz CT molecular complexity index is 1660. The molecule has 0 fully saturated rings. The Morgan fingerprint density at radius 2 is 1.74 bits per heavy atom. The molecular weight excluding hydrogens is 511 g/mol. The van der Waals surface area contributed by atoms with Gasteiger partial charge in [-0.15, -0.1) is 0 Å². The normalized spacial score (nSPS) is 11.9. The number of carbonyl (C=O) groups excluding carboxylic acids is 1. The molecule has 0 radical (unpaired) electrons. The second-order valence-electron chi connectivity index (χ2n) is 8.72. The minimum Gasteiger partial charge on any atom is -0.307 e. The number of nitrogens with one attached hydrogen (secondary N) is 2. The zero-order valence-corrected chi connectivity index (χ0v) is 21.2. The number of aromatic nitrogens is 2. The van der Waals surface area contributed by atoms with Crippen molar-refractivity contribution >= 4 is 51.9 Å². The number of para-hydroxylation sites is 1. The van der Waals surface area contributed by atoms with Crippen molar-refractivity contribution in [3.05, 3.63) is 101 Å². The average Bonchev–Trinajstić information content (AvgIpc) is 3.33. The summed E-state index contributed by atoms with van der Waals surface area (Å²) in [6.07, 6.45) is -1.13. The molecule has 0 saturated carbocycles. The number of benzene rings is 4. The molecule has 0 bridgehead atoms. The van der Waals surface area contributed by atoms with Crippen LogP contribution in [0.3, 0.4) is 0 Å². The summed E-state index contributed by atoms with van der Waals surface area (Å²) >= 11 is 0.920. The highest BCUT2D eigenvalue weighted by Crippen LogP contribution is 2.31. The first-order valence-electron chi connectivity index (χ1n) is 11.6. The monoisotopic (exact) mass is 533 g/mol. The molecule has 0 spiro atoms. The molecule has 0 aliphatic rings. The van der Waals surface area contributed by atoms with E-state index in [2.05, 4.69) is 19.4 Å². The Morgan fingerprint density at radius 3 is 2.45 bits per heavy atom. The molecule has 0 unspecified atom stereocenters. The van der Waals surface area contributed by atoms with Gasteiger partial charge in [0.1, 0.15) is 6.33 Å². The molecule has 6 nitrogen and oxygen atoms in total. The third kappa shape index (κ3) is 5.21. The summed E-state index contributed by atoms with van der Waals surface area (Å²) in [6.45, 7) is 3.86. The molecule has 2 amide bonds. The lowest BCUT2D eigenvalue weighted by Crippen LogP contribution is -2.23. The van der Waals surface area contributed by atoms with E-state index < -0.39 is 11.7 Å². The van der Waals surface area contributed by atoms with Crippen molar-refractivity contribution < 1.29 is 18.0 Å². The Kier molecular flexibility index (Phi) is 6.81. The van der Waals surface area contributed by atoms with Crippen molar-refractivity contribution in [2.45, 2.75) is 20.0 Å². The summed E-state index contributed by atoms with van der Waals surface area (Å²) in [6, 6.07) is 20.0. The molecular formula is C28H22F3N5OS. The molecule has 1 heterocycles. The lowest BCUT2D eigenvalue weighted by atomic mass is 10.1. The quantitative estimate of drug-likeness (QED) is 0.180. The molecule has 1 aromatic heterocycles. The maximum Gasteiger partial charge on any atom is 0.416 e. The van der Waals surface area contributed by atoms with Crippen LogP contribution in [-0.2, 0) is 6.18 Å². The van der Waals surface area contributed by atoms with E-state index in [4.69, 9.17) is 0 Å². The number of hydrogen-bond donors (Lipinski definition) is 2. The van der Waals surface area contributed by atoms with Crippen molar-refractivity contribution in [3.8, 4) is 5.69 Å². The molecule has 0 atom stereocenters. The van der Waals surface area contributed by atoms with Gasteiger partial charge >= 0.3 is 12.2 Å². The van der Waals surface area contributed by atoms with Crippen molar-refractivity contribution in [1.29, 1.82) is 0 Å². The molecule has 2 N–H and O–H groups in total. The molecule has 4 aromatic carbocycles. The van der Waals surface area contributed by atoms with Crippen LogP contribution in [0.4, 0.5) is 23.7 Å². The number of imidazole rings is 1.